The molecular weight excluding hydrogens is 320 g/mol. The Morgan fingerprint density at radius 3 is 1.85 bits per heavy atom. The van der Waals surface area contributed by atoms with Crippen molar-refractivity contribution >= 4 is 22.7 Å². The van der Waals surface area contributed by atoms with Crippen molar-refractivity contribution in [3.63, 3.8) is 0 Å². The van der Waals surface area contributed by atoms with Gasteiger partial charge in [-0.2, -0.15) is 15.3 Å². The Hall–Kier alpha value is -3.66. The van der Waals surface area contributed by atoms with E-state index < -0.39 is 0 Å². The summed E-state index contributed by atoms with van der Waals surface area (Å²) in [4.78, 5) is 0. The van der Waals surface area contributed by atoms with Crippen LogP contribution in [0, 0.1) is 0 Å². The van der Waals surface area contributed by atoms with E-state index in [0.717, 1.165) is 33.9 Å². The van der Waals surface area contributed by atoms with Crippen molar-refractivity contribution in [1.29, 1.82) is 0 Å². The predicted molar refractivity (Wildman–Crippen MR) is 104 cm³/mol. The largest absolute Gasteiger partial charge is 0.151 e. The Balaban J connectivity index is 1.55. The smallest absolute Gasteiger partial charge is 0.0935 e. The standard InChI is InChI=1S/C22H16N4/c1-3-8-17-14-15-22(21(17)13-6-1)26-25-20-12-7-11-19(16-20)24-23-18-9-4-2-5-10-18/h1-16H. The SMILES string of the molecule is c1ccc(N=Nc2cccc(N=Nc3ccc4cccccc3-4)c2)cc1. The van der Waals surface area contributed by atoms with E-state index in [4.69, 9.17) is 0 Å². The third kappa shape index (κ3) is 3.70. The molecule has 0 heterocycles. The topological polar surface area (TPSA) is 49.4 Å². The van der Waals surface area contributed by atoms with Crippen molar-refractivity contribution in [1.82, 2.24) is 0 Å². The molecule has 0 amide bonds. The molecule has 0 saturated carbocycles. The van der Waals surface area contributed by atoms with Gasteiger partial charge in [-0.15, -0.1) is 5.11 Å². The Kier molecular flexibility index (Phi) is 4.56. The molecule has 124 valence electrons. The fraction of sp³-hybridized carbons (Fsp3) is 0. The molecule has 4 rings (SSSR count). The number of azo groups is 2. The molecular formula is C22H16N4. The number of hydrogen-bond acceptors (Lipinski definition) is 4. The van der Waals surface area contributed by atoms with Gasteiger partial charge in [0.05, 0.1) is 22.7 Å². The van der Waals surface area contributed by atoms with Gasteiger partial charge >= 0.3 is 0 Å². The van der Waals surface area contributed by atoms with E-state index in [2.05, 4.69) is 26.5 Å². The van der Waals surface area contributed by atoms with Crippen LogP contribution in [0.4, 0.5) is 22.7 Å². The molecule has 2 aromatic rings. The third-order valence-corrected chi connectivity index (χ3v) is 3.91. The van der Waals surface area contributed by atoms with Crippen LogP contribution in [0.25, 0.3) is 11.1 Å². The van der Waals surface area contributed by atoms with Crippen LogP contribution in [-0.4, -0.2) is 0 Å². The molecule has 0 bridgehead atoms. The van der Waals surface area contributed by atoms with Gasteiger partial charge in [-0.05, 0) is 42.0 Å². The van der Waals surface area contributed by atoms with Gasteiger partial charge in [0, 0.05) is 5.56 Å². The Morgan fingerprint density at radius 1 is 0.423 bits per heavy atom. The maximum Gasteiger partial charge on any atom is 0.0935 e. The van der Waals surface area contributed by atoms with Gasteiger partial charge in [-0.3, -0.25) is 0 Å². The van der Waals surface area contributed by atoms with Crippen molar-refractivity contribution in [3.05, 3.63) is 97.1 Å². The molecule has 2 aliphatic rings. The molecule has 26 heavy (non-hydrogen) atoms. The summed E-state index contributed by atoms with van der Waals surface area (Å²) in [5.74, 6) is 0. The number of benzene rings is 2. The zero-order valence-corrected chi connectivity index (χ0v) is 14.0. The summed E-state index contributed by atoms with van der Waals surface area (Å²) in [5, 5.41) is 17.3. The second kappa shape index (κ2) is 7.49. The first-order valence-corrected chi connectivity index (χ1v) is 8.35. The van der Waals surface area contributed by atoms with Crippen LogP contribution in [0.3, 0.4) is 0 Å². The van der Waals surface area contributed by atoms with Crippen LogP contribution in [0.15, 0.2) is 118 Å². The average Bonchev–Trinajstić information content (AvgIpc) is 2.92. The van der Waals surface area contributed by atoms with Crippen LogP contribution in [0.5, 0.6) is 0 Å². The molecule has 0 aliphatic heterocycles. The second-order valence-electron chi connectivity index (χ2n) is 5.75. The highest BCUT2D eigenvalue weighted by molar-refractivity contribution is 5.79. The normalized spacial score (nSPS) is 11.5. The molecule has 0 aromatic heterocycles. The maximum absolute atomic E-state index is 4.40. The Morgan fingerprint density at radius 2 is 1.04 bits per heavy atom. The zero-order valence-electron chi connectivity index (χ0n) is 14.0. The molecule has 4 nitrogen and oxygen atoms in total. The van der Waals surface area contributed by atoms with Crippen molar-refractivity contribution in [2.45, 2.75) is 0 Å². The van der Waals surface area contributed by atoms with Crippen molar-refractivity contribution in [3.8, 4) is 11.1 Å². The fourth-order valence-corrected chi connectivity index (χ4v) is 2.62. The van der Waals surface area contributed by atoms with Crippen LogP contribution >= 0.6 is 0 Å². The zero-order chi connectivity index (χ0) is 17.6. The number of rotatable bonds is 4. The third-order valence-electron chi connectivity index (χ3n) is 3.91. The first-order chi connectivity index (χ1) is 12.9. The summed E-state index contributed by atoms with van der Waals surface area (Å²) in [5.41, 5.74) is 5.38. The van der Waals surface area contributed by atoms with E-state index in [1.807, 2.05) is 91.0 Å². The summed E-state index contributed by atoms with van der Waals surface area (Å²) in [7, 11) is 0. The van der Waals surface area contributed by atoms with Gasteiger partial charge in [0.1, 0.15) is 0 Å². The van der Waals surface area contributed by atoms with Crippen LogP contribution in [0.1, 0.15) is 0 Å². The number of fused-ring (bicyclic) bond motifs is 1. The van der Waals surface area contributed by atoms with E-state index in [0.29, 0.717) is 0 Å². The summed E-state index contributed by atoms with van der Waals surface area (Å²) < 4.78 is 0. The van der Waals surface area contributed by atoms with Gasteiger partial charge in [0.2, 0.25) is 0 Å². The highest BCUT2D eigenvalue weighted by Crippen LogP contribution is 2.34. The van der Waals surface area contributed by atoms with E-state index in [9.17, 15) is 0 Å². The maximum atomic E-state index is 4.40. The lowest BCUT2D eigenvalue weighted by Gasteiger charge is -1.97. The molecule has 4 heteroatoms. The quantitative estimate of drug-likeness (QED) is 0.344. The molecule has 2 aromatic carbocycles. The molecule has 0 atom stereocenters. The van der Waals surface area contributed by atoms with Crippen LogP contribution in [-0.2, 0) is 0 Å². The van der Waals surface area contributed by atoms with E-state index in [-0.39, 0.29) is 0 Å². The van der Waals surface area contributed by atoms with Crippen molar-refractivity contribution < 1.29 is 0 Å². The van der Waals surface area contributed by atoms with Gasteiger partial charge in [-0.25, -0.2) is 0 Å². The summed E-state index contributed by atoms with van der Waals surface area (Å²) in [6.45, 7) is 0. The highest BCUT2D eigenvalue weighted by Gasteiger charge is 2.06. The Bertz CT molecular complexity index is 1040. The van der Waals surface area contributed by atoms with Gasteiger partial charge in [-0.1, -0.05) is 60.7 Å². The van der Waals surface area contributed by atoms with Crippen molar-refractivity contribution in [2.24, 2.45) is 20.5 Å². The lowest BCUT2D eigenvalue weighted by Crippen LogP contribution is -1.67. The average molecular weight is 336 g/mol. The summed E-state index contributed by atoms with van der Waals surface area (Å²) >= 11 is 0. The molecule has 2 aliphatic carbocycles. The van der Waals surface area contributed by atoms with Gasteiger partial charge in [0.15, 0.2) is 0 Å². The lowest BCUT2D eigenvalue weighted by atomic mass is 10.2. The predicted octanol–water partition coefficient (Wildman–Crippen LogP) is 7.62. The summed E-state index contributed by atoms with van der Waals surface area (Å²) in [6.07, 6.45) is 0. The first kappa shape index (κ1) is 15.8. The molecule has 0 fully saturated rings. The van der Waals surface area contributed by atoms with Crippen molar-refractivity contribution in [2.75, 3.05) is 0 Å². The van der Waals surface area contributed by atoms with Crippen LogP contribution < -0.4 is 0 Å². The Labute approximate surface area is 151 Å². The van der Waals surface area contributed by atoms with E-state index >= 15 is 0 Å². The second-order valence-corrected chi connectivity index (χ2v) is 5.75. The number of nitrogens with zero attached hydrogens (tertiary/aromatic N) is 4. The molecule has 0 saturated heterocycles. The lowest BCUT2D eigenvalue weighted by molar-refractivity contribution is 1.21. The number of hydrogen-bond donors (Lipinski definition) is 0. The minimum atomic E-state index is 0.740. The summed E-state index contributed by atoms with van der Waals surface area (Å²) in [6, 6.07) is 31.4. The molecule has 0 spiro atoms. The molecule has 0 N–H and O–H groups in total. The van der Waals surface area contributed by atoms with Crippen LogP contribution in [0.2, 0.25) is 0 Å². The minimum Gasteiger partial charge on any atom is -0.151 e. The van der Waals surface area contributed by atoms with Gasteiger partial charge < -0.3 is 0 Å². The fourth-order valence-electron chi connectivity index (χ4n) is 2.62. The molecule has 0 unspecified atom stereocenters. The first-order valence-electron chi connectivity index (χ1n) is 8.35. The minimum absolute atomic E-state index is 0.740. The van der Waals surface area contributed by atoms with E-state index in [1.54, 1.807) is 0 Å². The monoisotopic (exact) mass is 336 g/mol. The van der Waals surface area contributed by atoms with Gasteiger partial charge in [0.25, 0.3) is 0 Å². The van der Waals surface area contributed by atoms with E-state index in [1.165, 1.54) is 0 Å². The highest BCUT2D eigenvalue weighted by atomic mass is 15.1. The molecule has 0 radical (unpaired) electrons.